The second-order valence-corrected chi connectivity index (χ2v) is 6.13. The molecule has 1 rings (SSSR count). The molecule has 0 aliphatic rings. The predicted octanol–water partition coefficient (Wildman–Crippen LogP) is 2.97. The van der Waals surface area contributed by atoms with Crippen LogP contribution < -0.4 is 5.32 Å². The minimum Gasteiger partial charge on any atom is -0.383 e. The van der Waals surface area contributed by atoms with Crippen LogP contribution >= 0.6 is 11.3 Å². The third-order valence-corrected chi connectivity index (χ3v) is 4.06. The maximum absolute atomic E-state index is 5.01. The summed E-state index contributed by atoms with van der Waals surface area (Å²) in [5.74, 6) is 0. The Hall–Kier alpha value is -0.420. The fourth-order valence-corrected chi connectivity index (χ4v) is 2.72. The van der Waals surface area contributed by atoms with E-state index in [2.05, 4.69) is 41.6 Å². The number of hydrogen-bond donors (Lipinski definition) is 1. The van der Waals surface area contributed by atoms with Crippen molar-refractivity contribution in [3.05, 3.63) is 22.4 Å². The summed E-state index contributed by atoms with van der Waals surface area (Å²) in [6, 6.07) is 4.98. The summed E-state index contributed by atoms with van der Waals surface area (Å²) in [6.45, 7) is 9.69. The van der Waals surface area contributed by atoms with Crippen molar-refractivity contribution in [3.63, 3.8) is 0 Å². The highest BCUT2D eigenvalue weighted by molar-refractivity contribution is 7.09. The smallest absolute Gasteiger partial charge is 0.0587 e. The first-order chi connectivity index (χ1) is 9.24. The Bertz CT molecular complexity index is 301. The first-order valence-electron chi connectivity index (χ1n) is 7.20. The lowest BCUT2D eigenvalue weighted by molar-refractivity contribution is 0.197. The number of nitrogens with one attached hydrogen (secondary N) is 1. The van der Waals surface area contributed by atoms with Crippen LogP contribution in [0.15, 0.2) is 17.5 Å². The van der Waals surface area contributed by atoms with E-state index >= 15 is 0 Å². The Kier molecular flexibility index (Phi) is 9.08. The fraction of sp³-hybridized carbons (Fsp3) is 0.733. The van der Waals surface area contributed by atoms with Crippen LogP contribution in [0.4, 0.5) is 0 Å². The summed E-state index contributed by atoms with van der Waals surface area (Å²) in [7, 11) is 1.74. The zero-order chi connectivity index (χ0) is 13.9. The van der Waals surface area contributed by atoms with Gasteiger partial charge in [0.25, 0.3) is 0 Å². The molecule has 1 aromatic heterocycles. The van der Waals surface area contributed by atoms with Gasteiger partial charge in [-0.15, -0.1) is 11.3 Å². The average molecular weight is 284 g/mol. The Balaban J connectivity index is 2.12. The maximum Gasteiger partial charge on any atom is 0.0587 e. The third kappa shape index (κ3) is 7.67. The highest BCUT2D eigenvalue weighted by Gasteiger charge is 2.10. The van der Waals surface area contributed by atoms with Gasteiger partial charge in [-0.05, 0) is 51.2 Å². The van der Waals surface area contributed by atoms with Gasteiger partial charge in [0.1, 0.15) is 0 Å². The standard InChI is InChI=1S/C15H28N2OS/c1-14(2)17(13-15-7-6-12-19-15)10-5-4-8-16-9-11-18-3/h6-7,12,14,16H,4-5,8-11,13H2,1-3H3. The number of nitrogens with zero attached hydrogens (tertiary/aromatic N) is 1. The number of methoxy groups -OCH3 is 1. The van der Waals surface area contributed by atoms with E-state index in [4.69, 9.17) is 4.74 Å². The normalized spacial score (nSPS) is 11.6. The van der Waals surface area contributed by atoms with Crippen LogP contribution in [0, 0.1) is 0 Å². The van der Waals surface area contributed by atoms with Crippen LogP contribution in [0.3, 0.4) is 0 Å². The summed E-state index contributed by atoms with van der Waals surface area (Å²) in [6.07, 6.45) is 2.49. The van der Waals surface area contributed by atoms with Gasteiger partial charge in [0.15, 0.2) is 0 Å². The summed E-state index contributed by atoms with van der Waals surface area (Å²) in [5, 5.41) is 5.55. The number of thiophene rings is 1. The van der Waals surface area contributed by atoms with E-state index in [1.807, 2.05) is 11.3 Å². The molecule has 0 spiro atoms. The number of unbranched alkanes of at least 4 members (excludes halogenated alkanes) is 1. The van der Waals surface area contributed by atoms with Crippen molar-refractivity contribution in [2.75, 3.05) is 33.4 Å². The van der Waals surface area contributed by atoms with E-state index < -0.39 is 0 Å². The summed E-state index contributed by atoms with van der Waals surface area (Å²) < 4.78 is 5.01. The zero-order valence-electron chi connectivity index (χ0n) is 12.5. The van der Waals surface area contributed by atoms with E-state index in [-0.39, 0.29) is 0 Å². The second-order valence-electron chi connectivity index (χ2n) is 5.09. The molecule has 1 heterocycles. The molecule has 0 radical (unpaired) electrons. The average Bonchev–Trinajstić information content (AvgIpc) is 2.89. The molecule has 110 valence electrons. The van der Waals surface area contributed by atoms with Gasteiger partial charge in [-0.1, -0.05) is 6.07 Å². The van der Waals surface area contributed by atoms with Gasteiger partial charge in [0, 0.05) is 31.1 Å². The molecule has 19 heavy (non-hydrogen) atoms. The van der Waals surface area contributed by atoms with Crippen molar-refractivity contribution in [2.45, 2.75) is 39.3 Å². The van der Waals surface area contributed by atoms with Crippen molar-refractivity contribution >= 4 is 11.3 Å². The molecule has 3 nitrogen and oxygen atoms in total. The van der Waals surface area contributed by atoms with Crippen molar-refractivity contribution < 1.29 is 4.74 Å². The summed E-state index contributed by atoms with van der Waals surface area (Å²) in [5.41, 5.74) is 0. The van der Waals surface area contributed by atoms with Gasteiger partial charge in [-0.2, -0.15) is 0 Å². The lowest BCUT2D eigenvalue weighted by Gasteiger charge is -2.25. The monoisotopic (exact) mass is 284 g/mol. The number of rotatable bonds is 11. The van der Waals surface area contributed by atoms with E-state index in [0.29, 0.717) is 6.04 Å². The lowest BCUT2D eigenvalue weighted by Crippen LogP contribution is -2.31. The molecule has 0 fully saturated rings. The zero-order valence-corrected chi connectivity index (χ0v) is 13.3. The molecule has 0 amide bonds. The molecule has 1 N–H and O–H groups in total. The maximum atomic E-state index is 5.01. The molecule has 0 atom stereocenters. The van der Waals surface area contributed by atoms with Crippen LogP contribution in [0.25, 0.3) is 0 Å². The molecule has 0 aliphatic carbocycles. The van der Waals surface area contributed by atoms with Crippen molar-refractivity contribution in [1.29, 1.82) is 0 Å². The highest BCUT2D eigenvalue weighted by Crippen LogP contribution is 2.14. The largest absolute Gasteiger partial charge is 0.383 e. The molecule has 0 unspecified atom stereocenters. The number of hydrogen-bond acceptors (Lipinski definition) is 4. The molecule has 0 saturated heterocycles. The minimum atomic E-state index is 0.614. The Labute approximate surface area is 122 Å². The first-order valence-corrected chi connectivity index (χ1v) is 8.08. The quantitative estimate of drug-likeness (QED) is 0.632. The van der Waals surface area contributed by atoms with E-state index in [0.717, 1.165) is 26.2 Å². The van der Waals surface area contributed by atoms with Gasteiger partial charge >= 0.3 is 0 Å². The third-order valence-electron chi connectivity index (χ3n) is 3.20. The highest BCUT2D eigenvalue weighted by atomic mass is 32.1. The SMILES string of the molecule is COCCNCCCCN(Cc1cccs1)C(C)C. The van der Waals surface area contributed by atoms with Crippen molar-refractivity contribution in [2.24, 2.45) is 0 Å². The molecule has 0 aliphatic heterocycles. The fourth-order valence-electron chi connectivity index (χ4n) is 1.99. The van der Waals surface area contributed by atoms with E-state index in [1.165, 1.54) is 24.3 Å². The van der Waals surface area contributed by atoms with Gasteiger partial charge in [-0.25, -0.2) is 0 Å². The molecular weight excluding hydrogens is 256 g/mol. The molecule has 0 saturated carbocycles. The second kappa shape index (κ2) is 10.4. The Morgan fingerprint density at radius 2 is 2.16 bits per heavy atom. The van der Waals surface area contributed by atoms with Crippen LogP contribution in [-0.4, -0.2) is 44.3 Å². The van der Waals surface area contributed by atoms with Crippen LogP contribution in [-0.2, 0) is 11.3 Å². The number of ether oxygens (including phenoxy) is 1. The molecule has 4 heteroatoms. The Morgan fingerprint density at radius 1 is 1.32 bits per heavy atom. The van der Waals surface area contributed by atoms with E-state index in [9.17, 15) is 0 Å². The van der Waals surface area contributed by atoms with Crippen molar-refractivity contribution in [3.8, 4) is 0 Å². The van der Waals surface area contributed by atoms with Gasteiger partial charge in [0.2, 0.25) is 0 Å². The summed E-state index contributed by atoms with van der Waals surface area (Å²) in [4.78, 5) is 4.02. The Morgan fingerprint density at radius 3 is 2.79 bits per heavy atom. The van der Waals surface area contributed by atoms with Crippen LogP contribution in [0.2, 0.25) is 0 Å². The molecule has 0 aromatic carbocycles. The van der Waals surface area contributed by atoms with Crippen LogP contribution in [0.1, 0.15) is 31.6 Å². The van der Waals surface area contributed by atoms with Gasteiger partial charge in [0.05, 0.1) is 6.61 Å². The minimum absolute atomic E-state index is 0.614. The first kappa shape index (κ1) is 16.6. The molecule has 1 aromatic rings. The van der Waals surface area contributed by atoms with Crippen LogP contribution in [0.5, 0.6) is 0 Å². The van der Waals surface area contributed by atoms with Gasteiger partial charge < -0.3 is 10.1 Å². The lowest BCUT2D eigenvalue weighted by atomic mass is 10.2. The van der Waals surface area contributed by atoms with Crippen molar-refractivity contribution in [1.82, 2.24) is 10.2 Å². The molecular formula is C15H28N2OS. The predicted molar refractivity (Wildman–Crippen MR) is 83.8 cm³/mol. The summed E-state index contributed by atoms with van der Waals surface area (Å²) >= 11 is 1.85. The molecule has 0 bridgehead atoms. The van der Waals surface area contributed by atoms with E-state index in [1.54, 1.807) is 7.11 Å². The van der Waals surface area contributed by atoms with Gasteiger partial charge in [-0.3, -0.25) is 4.90 Å². The topological polar surface area (TPSA) is 24.5 Å².